The summed E-state index contributed by atoms with van der Waals surface area (Å²) in [4.78, 5) is 0. The molecule has 0 amide bonds. The van der Waals surface area contributed by atoms with E-state index < -0.39 is 0 Å². The summed E-state index contributed by atoms with van der Waals surface area (Å²) in [7, 11) is 1.66. The average molecular weight is 296 g/mol. The van der Waals surface area contributed by atoms with Crippen molar-refractivity contribution in [2.75, 3.05) is 19.0 Å². The van der Waals surface area contributed by atoms with Crippen LogP contribution in [0, 0.1) is 0 Å². The van der Waals surface area contributed by atoms with Crippen molar-refractivity contribution >= 4 is 16.8 Å². The van der Waals surface area contributed by atoms with Crippen LogP contribution in [0.25, 0.3) is 11.0 Å². The molecular formula is C18H20N2O2. The molecule has 1 heterocycles. The highest BCUT2D eigenvalue weighted by atomic mass is 16.5. The summed E-state index contributed by atoms with van der Waals surface area (Å²) in [6, 6.07) is 16.2. The van der Waals surface area contributed by atoms with E-state index in [1.165, 1.54) is 5.56 Å². The summed E-state index contributed by atoms with van der Waals surface area (Å²) >= 11 is 0. The zero-order chi connectivity index (χ0) is 15.4. The molecule has 3 aromatic rings. The molecule has 1 N–H and O–H groups in total. The van der Waals surface area contributed by atoms with Crippen LogP contribution in [0.15, 0.2) is 53.1 Å². The van der Waals surface area contributed by atoms with Gasteiger partial charge in [-0.05, 0) is 24.1 Å². The number of hydrogen-bond acceptors (Lipinski definition) is 4. The highest BCUT2D eigenvalue weighted by Gasteiger charge is 2.15. The van der Waals surface area contributed by atoms with E-state index in [2.05, 4.69) is 41.7 Å². The van der Waals surface area contributed by atoms with Crippen LogP contribution < -0.4 is 10.1 Å². The minimum absolute atomic E-state index is 0.433. The fourth-order valence-corrected chi connectivity index (χ4v) is 2.69. The topological polar surface area (TPSA) is 47.3 Å². The highest BCUT2D eigenvalue weighted by Crippen LogP contribution is 2.32. The molecule has 0 bridgehead atoms. The van der Waals surface area contributed by atoms with Gasteiger partial charge in [0.2, 0.25) is 0 Å². The van der Waals surface area contributed by atoms with Crippen molar-refractivity contribution in [2.45, 2.75) is 19.3 Å². The molecule has 1 aromatic heterocycles. The van der Waals surface area contributed by atoms with Crippen molar-refractivity contribution in [1.82, 2.24) is 5.16 Å². The fourth-order valence-electron chi connectivity index (χ4n) is 2.69. The number of rotatable bonds is 6. The zero-order valence-electron chi connectivity index (χ0n) is 12.9. The summed E-state index contributed by atoms with van der Waals surface area (Å²) in [5.74, 6) is 1.94. The molecule has 0 fully saturated rings. The van der Waals surface area contributed by atoms with Gasteiger partial charge < -0.3 is 14.6 Å². The molecule has 1 atom stereocenters. The van der Waals surface area contributed by atoms with Gasteiger partial charge in [-0.15, -0.1) is 0 Å². The van der Waals surface area contributed by atoms with Gasteiger partial charge in [-0.2, -0.15) is 0 Å². The number of hydrogen-bond donors (Lipinski definition) is 1. The Bertz CT molecular complexity index is 737. The van der Waals surface area contributed by atoms with Gasteiger partial charge in [0.05, 0.1) is 7.11 Å². The smallest absolute Gasteiger partial charge is 0.181 e. The second-order valence-electron chi connectivity index (χ2n) is 5.26. The van der Waals surface area contributed by atoms with E-state index in [4.69, 9.17) is 9.26 Å². The summed E-state index contributed by atoms with van der Waals surface area (Å²) < 4.78 is 10.8. The van der Waals surface area contributed by atoms with Gasteiger partial charge in [-0.1, -0.05) is 48.5 Å². The molecule has 0 spiro atoms. The number of fused-ring (bicyclic) bond motifs is 1. The van der Waals surface area contributed by atoms with Gasteiger partial charge >= 0.3 is 0 Å². The average Bonchev–Trinajstić information content (AvgIpc) is 3.00. The molecular weight excluding hydrogens is 276 g/mol. The van der Waals surface area contributed by atoms with Crippen LogP contribution in [0.5, 0.6) is 5.75 Å². The van der Waals surface area contributed by atoms with Crippen LogP contribution in [0.4, 0.5) is 5.82 Å². The largest absolute Gasteiger partial charge is 0.496 e. The Morgan fingerprint density at radius 2 is 1.95 bits per heavy atom. The lowest BCUT2D eigenvalue weighted by molar-refractivity contribution is 0.419. The number of nitrogens with one attached hydrogen (secondary N) is 1. The Morgan fingerprint density at radius 1 is 1.14 bits per heavy atom. The van der Waals surface area contributed by atoms with Crippen molar-refractivity contribution in [2.24, 2.45) is 0 Å². The Labute approximate surface area is 130 Å². The number of ether oxygens (including phenoxy) is 1. The summed E-state index contributed by atoms with van der Waals surface area (Å²) in [5.41, 5.74) is 2.06. The van der Waals surface area contributed by atoms with E-state index in [0.717, 1.165) is 35.5 Å². The van der Waals surface area contributed by atoms with E-state index in [1.807, 2.05) is 24.3 Å². The van der Waals surface area contributed by atoms with Crippen LogP contribution in [0.3, 0.4) is 0 Å². The maximum atomic E-state index is 5.40. The van der Waals surface area contributed by atoms with Gasteiger partial charge in [0.25, 0.3) is 0 Å². The van der Waals surface area contributed by atoms with Crippen molar-refractivity contribution in [3.8, 4) is 5.75 Å². The second-order valence-corrected chi connectivity index (χ2v) is 5.26. The summed E-state index contributed by atoms with van der Waals surface area (Å²) in [5, 5.41) is 8.44. The lowest BCUT2D eigenvalue weighted by atomic mass is 9.96. The van der Waals surface area contributed by atoms with Gasteiger partial charge in [0.15, 0.2) is 11.4 Å². The predicted octanol–water partition coefficient (Wildman–Crippen LogP) is 4.44. The third-order valence-corrected chi connectivity index (χ3v) is 3.96. The number of nitrogens with zero attached hydrogens (tertiary/aromatic N) is 1. The summed E-state index contributed by atoms with van der Waals surface area (Å²) in [6.45, 7) is 3.00. The predicted molar refractivity (Wildman–Crippen MR) is 88.5 cm³/mol. The third kappa shape index (κ3) is 2.77. The summed E-state index contributed by atoms with van der Waals surface area (Å²) in [6.07, 6.45) is 1.06. The molecule has 0 aliphatic heterocycles. The van der Waals surface area contributed by atoms with E-state index in [0.29, 0.717) is 5.92 Å². The fraction of sp³-hybridized carbons (Fsp3) is 0.278. The van der Waals surface area contributed by atoms with E-state index in [9.17, 15) is 0 Å². The van der Waals surface area contributed by atoms with Gasteiger partial charge in [-0.25, -0.2) is 0 Å². The van der Waals surface area contributed by atoms with E-state index in [-0.39, 0.29) is 0 Å². The first-order valence-electron chi connectivity index (χ1n) is 7.54. The molecule has 1 unspecified atom stereocenters. The quantitative estimate of drug-likeness (QED) is 0.730. The van der Waals surface area contributed by atoms with Crippen LogP contribution >= 0.6 is 0 Å². The molecule has 0 saturated heterocycles. The first-order chi connectivity index (χ1) is 10.8. The Hall–Kier alpha value is -2.49. The Balaban J connectivity index is 1.81. The van der Waals surface area contributed by atoms with Crippen molar-refractivity contribution in [3.05, 3.63) is 54.1 Å². The van der Waals surface area contributed by atoms with Crippen LogP contribution in [0.1, 0.15) is 24.8 Å². The number of aromatic nitrogens is 1. The SMILES string of the molecule is CCC(CNc1noc2cccc(OC)c12)c1ccccc1. The second kappa shape index (κ2) is 6.52. The molecule has 0 radical (unpaired) electrons. The Kier molecular flexibility index (Phi) is 4.28. The molecule has 22 heavy (non-hydrogen) atoms. The lowest BCUT2D eigenvalue weighted by Crippen LogP contribution is -2.12. The van der Waals surface area contributed by atoms with Crippen LogP contribution in [-0.4, -0.2) is 18.8 Å². The molecule has 3 rings (SSSR count). The third-order valence-electron chi connectivity index (χ3n) is 3.96. The maximum absolute atomic E-state index is 5.40. The normalized spacial score (nSPS) is 12.3. The van der Waals surface area contributed by atoms with Crippen molar-refractivity contribution in [1.29, 1.82) is 0 Å². The van der Waals surface area contributed by atoms with E-state index >= 15 is 0 Å². The van der Waals surface area contributed by atoms with Crippen molar-refractivity contribution in [3.63, 3.8) is 0 Å². The number of methoxy groups -OCH3 is 1. The van der Waals surface area contributed by atoms with Crippen LogP contribution in [-0.2, 0) is 0 Å². The monoisotopic (exact) mass is 296 g/mol. The standard InChI is InChI=1S/C18H20N2O2/c1-3-13(14-8-5-4-6-9-14)12-19-18-17-15(21-2)10-7-11-16(17)22-20-18/h4-11,13H,3,12H2,1-2H3,(H,19,20). The van der Waals surface area contributed by atoms with Crippen molar-refractivity contribution < 1.29 is 9.26 Å². The number of benzene rings is 2. The maximum Gasteiger partial charge on any atom is 0.181 e. The zero-order valence-corrected chi connectivity index (χ0v) is 12.9. The number of anilines is 1. The molecule has 4 heteroatoms. The minimum atomic E-state index is 0.433. The molecule has 0 aliphatic carbocycles. The van der Waals surface area contributed by atoms with Gasteiger partial charge in [0, 0.05) is 12.5 Å². The molecule has 0 aliphatic rings. The molecule has 0 saturated carbocycles. The minimum Gasteiger partial charge on any atom is -0.496 e. The first kappa shape index (κ1) is 14.4. The first-order valence-corrected chi connectivity index (χ1v) is 7.54. The van der Waals surface area contributed by atoms with Gasteiger partial charge in [-0.3, -0.25) is 0 Å². The van der Waals surface area contributed by atoms with Gasteiger partial charge in [0.1, 0.15) is 11.1 Å². The lowest BCUT2D eigenvalue weighted by Gasteiger charge is -2.16. The molecule has 2 aromatic carbocycles. The Morgan fingerprint density at radius 3 is 2.68 bits per heavy atom. The highest BCUT2D eigenvalue weighted by molar-refractivity contribution is 5.93. The molecule has 4 nitrogen and oxygen atoms in total. The molecule has 114 valence electrons. The van der Waals surface area contributed by atoms with E-state index in [1.54, 1.807) is 7.11 Å². The van der Waals surface area contributed by atoms with Crippen LogP contribution in [0.2, 0.25) is 0 Å².